The van der Waals surface area contributed by atoms with E-state index in [0.29, 0.717) is 50.4 Å². The predicted molar refractivity (Wildman–Crippen MR) is 124 cm³/mol. The number of piperidine rings is 1. The second-order valence-corrected chi connectivity index (χ2v) is 9.66. The highest BCUT2D eigenvalue weighted by Crippen LogP contribution is 2.47. The molecule has 4 rings (SSSR count). The number of hydrogen-bond donors (Lipinski definition) is 0. The van der Waals surface area contributed by atoms with Crippen molar-refractivity contribution in [3.05, 3.63) is 53.3 Å². The standard InChI is InChI=1S/C25H28F3N5O2/c1-30(2)22(34)20-15-33(23(35)21-5-4-10-31(21)3)16-24(20)8-11-32(12-9-24)18-7-6-17(14-29)19(13-18)25(26,27)28/h4-7,10,13,20H,8-9,11-12,15-16H2,1-3H3. The van der Waals surface area contributed by atoms with E-state index < -0.39 is 22.7 Å². The second-order valence-electron chi connectivity index (χ2n) is 9.66. The molecule has 0 aliphatic carbocycles. The van der Waals surface area contributed by atoms with Crippen molar-refractivity contribution in [3.63, 3.8) is 0 Å². The van der Waals surface area contributed by atoms with Crippen molar-refractivity contribution < 1.29 is 22.8 Å². The van der Waals surface area contributed by atoms with Crippen LogP contribution in [0.1, 0.15) is 34.5 Å². The fourth-order valence-corrected chi connectivity index (χ4v) is 5.40. The molecule has 0 saturated carbocycles. The highest BCUT2D eigenvalue weighted by molar-refractivity contribution is 5.94. The Kier molecular flexibility index (Phi) is 6.30. The molecule has 0 bridgehead atoms. The molecular weight excluding hydrogens is 459 g/mol. The van der Waals surface area contributed by atoms with Crippen LogP contribution in [0.4, 0.5) is 18.9 Å². The van der Waals surface area contributed by atoms with Gasteiger partial charge in [-0.3, -0.25) is 9.59 Å². The van der Waals surface area contributed by atoms with Crippen molar-refractivity contribution in [2.75, 3.05) is 45.2 Å². The number of nitrogens with zero attached hydrogens (tertiary/aromatic N) is 5. The van der Waals surface area contributed by atoms with E-state index in [2.05, 4.69) is 0 Å². The molecule has 2 aromatic rings. The lowest BCUT2D eigenvalue weighted by atomic mass is 9.70. The topological polar surface area (TPSA) is 72.6 Å². The fourth-order valence-electron chi connectivity index (χ4n) is 5.40. The Bertz CT molecular complexity index is 1170. The number of alkyl halides is 3. The third kappa shape index (κ3) is 4.47. The van der Waals surface area contributed by atoms with Crippen molar-refractivity contribution in [1.82, 2.24) is 14.4 Å². The van der Waals surface area contributed by atoms with Crippen LogP contribution >= 0.6 is 0 Å². The average molecular weight is 488 g/mol. The quantitative estimate of drug-likeness (QED) is 0.666. The summed E-state index contributed by atoms with van der Waals surface area (Å²) in [4.78, 5) is 31.5. The van der Waals surface area contributed by atoms with E-state index >= 15 is 0 Å². The minimum absolute atomic E-state index is 0.0432. The molecule has 0 N–H and O–H groups in total. The van der Waals surface area contributed by atoms with Gasteiger partial charge in [0.1, 0.15) is 5.69 Å². The first-order valence-electron chi connectivity index (χ1n) is 11.4. The lowest BCUT2D eigenvalue weighted by molar-refractivity contribution is -0.138. The van der Waals surface area contributed by atoms with Gasteiger partial charge in [0, 0.05) is 64.6 Å². The van der Waals surface area contributed by atoms with Crippen LogP contribution in [0, 0.1) is 22.7 Å². The number of aryl methyl sites for hydroxylation is 1. The Balaban J connectivity index is 1.58. The summed E-state index contributed by atoms with van der Waals surface area (Å²) in [5.41, 5.74) is -0.849. The summed E-state index contributed by atoms with van der Waals surface area (Å²) in [5.74, 6) is -0.552. The highest BCUT2D eigenvalue weighted by atomic mass is 19.4. The van der Waals surface area contributed by atoms with Crippen LogP contribution in [0.2, 0.25) is 0 Å². The van der Waals surface area contributed by atoms with Gasteiger partial charge in [-0.05, 0) is 43.2 Å². The van der Waals surface area contributed by atoms with Gasteiger partial charge in [0.25, 0.3) is 5.91 Å². The molecule has 1 aromatic carbocycles. The zero-order valence-corrected chi connectivity index (χ0v) is 20.0. The third-order valence-electron chi connectivity index (χ3n) is 7.39. The molecular formula is C25H28F3N5O2. The molecule has 2 aliphatic heterocycles. The molecule has 1 spiro atoms. The number of hydrogen-bond acceptors (Lipinski definition) is 4. The minimum Gasteiger partial charge on any atom is -0.371 e. The first-order valence-corrected chi connectivity index (χ1v) is 11.4. The number of benzene rings is 1. The fraction of sp³-hybridized carbons (Fsp3) is 0.480. The number of rotatable bonds is 3. The second kappa shape index (κ2) is 8.95. The Morgan fingerprint density at radius 1 is 1.17 bits per heavy atom. The maximum Gasteiger partial charge on any atom is 0.417 e. The van der Waals surface area contributed by atoms with Crippen LogP contribution in [0.15, 0.2) is 36.5 Å². The van der Waals surface area contributed by atoms with Crippen molar-refractivity contribution in [3.8, 4) is 6.07 Å². The van der Waals surface area contributed by atoms with E-state index in [1.54, 1.807) is 59.9 Å². The van der Waals surface area contributed by atoms with Crippen LogP contribution in [0.3, 0.4) is 0 Å². The van der Waals surface area contributed by atoms with E-state index in [4.69, 9.17) is 5.26 Å². The minimum atomic E-state index is -4.62. The van der Waals surface area contributed by atoms with Gasteiger partial charge in [0.05, 0.1) is 23.1 Å². The van der Waals surface area contributed by atoms with Crippen LogP contribution in [-0.2, 0) is 18.0 Å². The summed E-state index contributed by atoms with van der Waals surface area (Å²) < 4.78 is 42.1. The number of aromatic nitrogens is 1. The van der Waals surface area contributed by atoms with Gasteiger partial charge >= 0.3 is 6.18 Å². The molecule has 7 nitrogen and oxygen atoms in total. The van der Waals surface area contributed by atoms with Crippen LogP contribution < -0.4 is 4.90 Å². The Morgan fingerprint density at radius 2 is 1.86 bits per heavy atom. The van der Waals surface area contributed by atoms with E-state index in [0.717, 1.165) is 6.07 Å². The van der Waals surface area contributed by atoms with Crippen molar-refractivity contribution in [2.24, 2.45) is 18.4 Å². The van der Waals surface area contributed by atoms with Gasteiger partial charge in [0.15, 0.2) is 0 Å². The molecule has 2 saturated heterocycles. The highest BCUT2D eigenvalue weighted by Gasteiger charge is 2.53. The number of carbonyl (C=O) groups is 2. The first-order chi connectivity index (χ1) is 16.5. The SMILES string of the molecule is CN(C)C(=O)C1CN(C(=O)c2cccn2C)CC12CCN(c1ccc(C#N)c(C(F)(F)F)c1)CC2. The molecule has 3 heterocycles. The summed E-state index contributed by atoms with van der Waals surface area (Å²) in [6, 6.07) is 8.93. The molecule has 186 valence electrons. The molecule has 35 heavy (non-hydrogen) atoms. The van der Waals surface area contributed by atoms with E-state index in [-0.39, 0.29) is 17.7 Å². The monoisotopic (exact) mass is 487 g/mol. The van der Waals surface area contributed by atoms with Gasteiger partial charge in [-0.25, -0.2) is 0 Å². The molecule has 2 aliphatic rings. The lowest BCUT2D eigenvalue weighted by Gasteiger charge is -2.43. The number of likely N-dealkylation sites (tertiary alicyclic amines) is 1. The summed E-state index contributed by atoms with van der Waals surface area (Å²) in [5, 5.41) is 9.07. The lowest BCUT2D eigenvalue weighted by Crippen LogP contribution is -2.48. The Morgan fingerprint density at radius 3 is 2.40 bits per heavy atom. The number of amides is 2. The zero-order valence-electron chi connectivity index (χ0n) is 20.0. The van der Waals surface area contributed by atoms with E-state index in [9.17, 15) is 22.8 Å². The number of carbonyl (C=O) groups excluding carboxylic acids is 2. The normalized spacial score (nSPS) is 19.6. The smallest absolute Gasteiger partial charge is 0.371 e. The van der Waals surface area contributed by atoms with Gasteiger partial charge in [-0.15, -0.1) is 0 Å². The van der Waals surface area contributed by atoms with E-state index in [1.165, 1.54) is 12.1 Å². The molecule has 2 fully saturated rings. The van der Waals surface area contributed by atoms with E-state index in [1.807, 2.05) is 4.90 Å². The zero-order chi connectivity index (χ0) is 25.5. The van der Waals surface area contributed by atoms with Crippen LogP contribution in [0.25, 0.3) is 0 Å². The number of anilines is 1. The Hall–Kier alpha value is -3.48. The Labute approximate surface area is 202 Å². The van der Waals surface area contributed by atoms with Crippen LogP contribution in [-0.4, -0.2) is 66.5 Å². The summed E-state index contributed by atoms with van der Waals surface area (Å²) in [6.45, 7) is 1.64. The maximum absolute atomic E-state index is 13.5. The summed E-state index contributed by atoms with van der Waals surface area (Å²) in [6.07, 6.45) is -1.69. The van der Waals surface area contributed by atoms with Crippen molar-refractivity contribution in [2.45, 2.75) is 19.0 Å². The predicted octanol–water partition coefficient (Wildman–Crippen LogP) is 3.36. The molecule has 0 radical (unpaired) electrons. The number of halogens is 3. The van der Waals surface area contributed by atoms with Gasteiger partial charge in [-0.2, -0.15) is 18.4 Å². The average Bonchev–Trinajstić information content (AvgIpc) is 3.41. The molecule has 2 amide bonds. The largest absolute Gasteiger partial charge is 0.417 e. The molecule has 1 unspecified atom stereocenters. The van der Waals surface area contributed by atoms with Crippen LogP contribution in [0.5, 0.6) is 0 Å². The first kappa shape index (κ1) is 24.6. The number of nitriles is 1. The molecule has 1 atom stereocenters. The van der Waals surface area contributed by atoms with Gasteiger partial charge in [-0.1, -0.05) is 0 Å². The molecule has 1 aromatic heterocycles. The van der Waals surface area contributed by atoms with Crippen molar-refractivity contribution in [1.29, 1.82) is 5.26 Å². The van der Waals surface area contributed by atoms with Crippen molar-refractivity contribution >= 4 is 17.5 Å². The van der Waals surface area contributed by atoms with Gasteiger partial charge in [0.2, 0.25) is 5.91 Å². The summed E-state index contributed by atoms with van der Waals surface area (Å²) >= 11 is 0. The summed E-state index contributed by atoms with van der Waals surface area (Å²) in [7, 11) is 5.19. The molecule has 10 heteroatoms. The van der Waals surface area contributed by atoms with Gasteiger partial charge < -0.3 is 19.3 Å². The maximum atomic E-state index is 13.5. The third-order valence-corrected chi connectivity index (χ3v) is 7.39.